The van der Waals surface area contributed by atoms with Gasteiger partial charge in [0.2, 0.25) is 0 Å². The summed E-state index contributed by atoms with van der Waals surface area (Å²) in [7, 11) is 3.91. The molecule has 1 unspecified atom stereocenters. The largest absolute Gasteiger partial charge is 0.481 e. The van der Waals surface area contributed by atoms with Crippen LogP contribution in [0.3, 0.4) is 0 Å². The van der Waals surface area contributed by atoms with Gasteiger partial charge in [-0.3, -0.25) is 4.79 Å². The number of carboxylic acids is 1. The Balaban J connectivity index is 1.81. The fourth-order valence-electron chi connectivity index (χ4n) is 3.42. The van der Waals surface area contributed by atoms with Gasteiger partial charge in [0.25, 0.3) is 0 Å². The summed E-state index contributed by atoms with van der Waals surface area (Å²) in [5, 5.41) is 11.9. The minimum atomic E-state index is -0.772. The number of hydrogen-bond donors (Lipinski definition) is 2. The van der Waals surface area contributed by atoms with E-state index in [4.69, 9.17) is 5.11 Å². The van der Waals surface area contributed by atoms with Crippen LogP contribution in [0.4, 0.5) is 4.79 Å². The monoisotopic (exact) mass is 297 g/mol. The van der Waals surface area contributed by atoms with Gasteiger partial charge in [0.15, 0.2) is 0 Å². The van der Waals surface area contributed by atoms with E-state index in [0.717, 1.165) is 45.2 Å². The number of aliphatic carboxylic acids is 1. The highest BCUT2D eigenvalue weighted by Crippen LogP contribution is 2.43. The first-order chi connectivity index (χ1) is 9.92. The van der Waals surface area contributed by atoms with Crippen LogP contribution in [0.15, 0.2) is 0 Å². The van der Waals surface area contributed by atoms with E-state index in [2.05, 4.69) is 17.3 Å². The number of piperidine rings is 1. The molecule has 6 nitrogen and oxygen atoms in total. The normalized spacial score (nSPS) is 25.0. The Kier molecular flexibility index (Phi) is 5.08. The van der Waals surface area contributed by atoms with Crippen LogP contribution < -0.4 is 5.32 Å². The molecule has 2 amide bonds. The Morgan fingerprint density at radius 1 is 1.38 bits per heavy atom. The van der Waals surface area contributed by atoms with Gasteiger partial charge < -0.3 is 20.2 Å². The lowest BCUT2D eigenvalue weighted by molar-refractivity contribution is -0.141. The van der Waals surface area contributed by atoms with Crippen molar-refractivity contribution < 1.29 is 14.7 Å². The lowest BCUT2D eigenvalue weighted by Crippen LogP contribution is -2.53. The standard InChI is InChI=1S/C15H27N3O3/c1-17-8-3-5-12(10-17)18(2)14(21)16-11-15(6-4-7-15)9-13(19)20/h12H,3-11H2,1-2H3,(H,16,21)(H,19,20). The maximum Gasteiger partial charge on any atom is 0.317 e. The van der Waals surface area contributed by atoms with Gasteiger partial charge in [-0.15, -0.1) is 0 Å². The van der Waals surface area contributed by atoms with Crippen LogP contribution in [0.2, 0.25) is 0 Å². The number of hydrogen-bond acceptors (Lipinski definition) is 3. The number of nitrogens with zero attached hydrogens (tertiary/aromatic N) is 2. The van der Waals surface area contributed by atoms with Crippen molar-refractivity contribution in [3.63, 3.8) is 0 Å². The topological polar surface area (TPSA) is 72.9 Å². The zero-order valence-electron chi connectivity index (χ0n) is 13.1. The van der Waals surface area contributed by atoms with Crippen LogP contribution in [0.1, 0.15) is 38.5 Å². The van der Waals surface area contributed by atoms with Crippen LogP contribution in [0.5, 0.6) is 0 Å². The van der Waals surface area contributed by atoms with Gasteiger partial charge in [0.05, 0.1) is 6.42 Å². The van der Waals surface area contributed by atoms with E-state index in [0.29, 0.717) is 6.54 Å². The fourth-order valence-corrected chi connectivity index (χ4v) is 3.42. The number of amides is 2. The van der Waals surface area contributed by atoms with Gasteiger partial charge in [0.1, 0.15) is 0 Å². The number of carboxylic acid groups (broad SMARTS) is 1. The van der Waals surface area contributed by atoms with Crippen molar-refractivity contribution in [1.82, 2.24) is 15.1 Å². The molecular formula is C15H27N3O3. The molecule has 120 valence electrons. The Morgan fingerprint density at radius 3 is 2.62 bits per heavy atom. The van der Waals surface area contributed by atoms with Crippen molar-refractivity contribution in [1.29, 1.82) is 0 Å². The van der Waals surface area contributed by atoms with E-state index in [-0.39, 0.29) is 23.9 Å². The number of likely N-dealkylation sites (tertiary alicyclic amines) is 1. The summed E-state index contributed by atoms with van der Waals surface area (Å²) in [6.07, 6.45) is 5.16. The van der Waals surface area contributed by atoms with E-state index >= 15 is 0 Å². The molecule has 1 aliphatic carbocycles. The van der Waals surface area contributed by atoms with Crippen molar-refractivity contribution in [2.75, 3.05) is 33.7 Å². The minimum Gasteiger partial charge on any atom is -0.481 e. The number of nitrogens with one attached hydrogen (secondary N) is 1. The van der Waals surface area contributed by atoms with Crippen LogP contribution in [-0.4, -0.2) is 66.7 Å². The summed E-state index contributed by atoms with van der Waals surface area (Å²) in [5.74, 6) is -0.772. The number of urea groups is 1. The molecule has 0 spiro atoms. The average Bonchev–Trinajstić information content (AvgIpc) is 2.40. The van der Waals surface area contributed by atoms with Crippen molar-refractivity contribution in [2.45, 2.75) is 44.6 Å². The summed E-state index contributed by atoms with van der Waals surface area (Å²) in [5.41, 5.74) is -0.217. The molecule has 21 heavy (non-hydrogen) atoms. The number of rotatable bonds is 5. The molecule has 0 bridgehead atoms. The van der Waals surface area contributed by atoms with Crippen molar-refractivity contribution in [3.05, 3.63) is 0 Å². The molecule has 0 radical (unpaired) electrons. The molecule has 2 N–H and O–H groups in total. The smallest absolute Gasteiger partial charge is 0.317 e. The average molecular weight is 297 g/mol. The van der Waals surface area contributed by atoms with E-state index in [1.54, 1.807) is 4.90 Å². The highest BCUT2D eigenvalue weighted by atomic mass is 16.4. The van der Waals surface area contributed by atoms with Crippen molar-refractivity contribution in [2.24, 2.45) is 5.41 Å². The second-order valence-corrected chi connectivity index (χ2v) is 6.75. The molecule has 2 rings (SSSR count). The molecule has 1 saturated heterocycles. The first-order valence-electron chi connectivity index (χ1n) is 7.83. The van der Waals surface area contributed by atoms with Gasteiger partial charge >= 0.3 is 12.0 Å². The molecule has 0 aromatic heterocycles. The second-order valence-electron chi connectivity index (χ2n) is 6.75. The molecule has 1 aliphatic heterocycles. The highest BCUT2D eigenvalue weighted by Gasteiger charge is 2.39. The Morgan fingerprint density at radius 2 is 2.10 bits per heavy atom. The fraction of sp³-hybridized carbons (Fsp3) is 0.867. The summed E-state index contributed by atoms with van der Waals surface area (Å²) < 4.78 is 0. The van der Waals surface area contributed by atoms with Gasteiger partial charge in [-0.25, -0.2) is 4.79 Å². The first-order valence-corrected chi connectivity index (χ1v) is 7.83. The molecule has 0 aromatic rings. The summed E-state index contributed by atoms with van der Waals surface area (Å²) in [6, 6.07) is 0.174. The minimum absolute atomic E-state index is 0.0769. The summed E-state index contributed by atoms with van der Waals surface area (Å²) >= 11 is 0. The van der Waals surface area contributed by atoms with Crippen LogP contribution in [0.25, 0.3) is 0 Å². The Bertz CT molecular complexity index is 396. The third kappa shape index (κ3) is 4.09. The van der Waals surface area contributed by atoms with Gasteiger partial charge in [-0.2, -0.15) is 0 Å². The van der Waals surface area contributed by atoms with Crippen LogP contribution >= 0.6 is 0 Å². The zero-order valence-corrected chi connectivity index (χ0v) is 13.1. The zero-order chi connectivity index (χ0) is 15.5. The molecule has 0 aromatic carbocycles. The van der Waals surface area contributed by atoms with Crippen molar-refractivity contribution >= 4 is 12.0 Å². The van der Waals surface area contributed by atoms with E-state index in [9.17, 15) is 9.59 Å². The number of likely N-dealkylation sites (N-methyl/N-ethyl adjacent to an activating group) is 2. The lowest BCUT2D eigenvalue weighted by atomic mass is 9.66. The quantitative estimate of drug-likeness (QED) is 0.804. The SMILES string of the molecule is CN1CCCC(N(C)C(=O)NCC2(CC(=O)O)CCC2)C1. The third-order valence-corrected chi connectivity index (χ3v) is 5.02. The maximum absolute atomic E-state index is 12.3. The molecule has 2 aliphatic rings. The van der Waals surface area contributed by atoms with Crippen LogP contribution in [-0.2, 0) is 4.79 Å². The molecule has 6 heteroatoms. The Labute approximate surface area is 126 Å². The van der Waals surface area contributed by atoms with Crippen molar-refractivity contribution in [3.8, 4) is 0 Å². The van der Waals surface area contributed by atoms with E-state index in [1.807, 2.05) is 7.05 Å². The van der Waals surface area contributed by atoms with E-state index in [1.165, 1.54) is 0 Å². The molecule has 1 atom stereocenters. The predicted octanol–water partition coefficient (Wildman–Crippen LogP) is 1.37. The van der Waals surface area contributed by atoms with Gasteiger partial charge in [-0.1, -0.05) is 6.42 Å². The molecule has 2 fully saturated rings. The molecule has 1 saturated carbocycles. The third-order valence-electron chi connectivity index (χ3n) is 5.02. The number of carbonyl (C=O) groups excluding carboxylic acids is 1. The molecular weight excluding hydrogens is 270 g/mol. The maximum atomic E-state index is 12.3. The Hall–Kier alpha value is -1.30. The second kappa shape index (κ2) is 6.64. The lowest BCUT2D eigenvalue weighted by Gasteiger charge is -2.42. The number of carbonyl (C=O) groups is 2. The highest BCUT2D eigenvalue weighted by molar-refractivity contribution is 5.74. The summed E-state index contributed by atoms with van der Waals surface area (Å²) in [6.45, 7) is 2.48. The van der Waals surface area contributed by atoms with Gasteiger partial charge in [0, 0.05) is 26.2 Å². The van der Waals surface area contributed by atoms with E-state index < -0.39 is 5.97 Å². The predicted molar refractivity (Wildman–Crippen MR) is 80.2 cm³/mol. The van der Waals surface area contributed by atoms with Gasteiger partial charge in [-0.05, 0) is 44.7 Å². The molecule has 1 heterocycles. The first kappa shape index (κ1) is 16.1. The van der Waals surface area contributed by atoms with Crippen LogP contribution in [0, 0.1) is 5.41 Å². The summed E-state index contributed by atoms with van der Waals surface area (Å²) in [4.78, 5) is 27.2.